The summed E-state index contributed by atoms with van der Waals surface area (Å²) in [5, 5.41) is 3.35. The molecule has 0 amide bonds. The van der Waals surface area contributed by atoms with Crippen molar-refractivity contribution in [2.45, 2.75) is 18.8 Å². The highest BCUT2D eigenvalue weighted by Gasteiger charge is 2.18. The molecule has 2 nitrogen and oxygen atoms in total. The minimum Gasteiger partial charge on any atom is -0.496 e. The number of piperidine rings is 1. The van der Waals surface area contributed by atoms with Crippen LogP contribution in [0.1, 0.15) is 24.3 Å². The molecule has 0 unspecified atom stereocenters. The minimum atomic E-state index is -0.237. The zero-order valence-electron chi connectivity index (χ0n) is 8.92. The molecular formula is C12H16FNO. The Morgan fingerprint density at radius 1 is 1.47 bits per heavy atom. The van der Waals surface area contributed by atoms with E-state index in [2.05, 4.69) is 5.32 Å². The molecule has 0 spiro atoms. The van der Waals surface area contributed by atoms with Crippen molar-refractivity contribution in [3.05, 3.63) is 29.6 Å². The fourth-order valence-electron chi connectivity index (χ4n) is 2.14. The van der Waals surface area contributed by atoms with Crippen LogP contribution in [0.4, 0.5) is 4.39 Å². The van der Waals surface area contributed by atoms with E-state index in [0.717, 1.165) is 25.1 Å². The first kappa shape index (κ1) is 10.4. The standard InChI is InChI=1S/C12H16FNO/c1-15-12-7-10(13)4-5-11(12)9-3-2-6-14-8-9/h4-5,7,9,14H,2-3,6,8H2,1H3/t9-/m0/s1. The van der Waals surface area contributed by atoms with Gasteiger partial charge in [-0.3, -0.25) is 0 Å². The van der Waals surface area contributed by atoms with Crippen molar-refractivity contribution >= 4 is 0 Å². The lowest BCUT2D eigenvalue weighted by Crippen LogP contribution is -2.28. The number of halogens is 1. The largest absolute Gasteiger partial charge is 0.496 e. The van der Waals surface area contributed by atoms with Gasteiger partial charge in [0.1, 0.15) is 11.6 Å². The first-order valence-corrected chi connectivity index (χ1v) is 5.35. The Hall–Kier alpha value is -1.09. The van der Waals surface area contributed by atoms with Crippen LogP contribution in [-0.2, 0) is 0 Å². The van der Waals surface area contributed by atoms with Gasteiger partial charge in [0.15, 0.2) is 0 Å². The van der Waals surface area contributed by atoms with Crippen molar-refractivity contribution in [2.75, 3.05) is 20.2 Å². The van der Waals surface area contributed by atoms with Gasteiger partial charge in [-0.1, -0.05) is 6.07 Å². The van der Waals surface area contributed by atoms with E-state index in [4.69, 9.17) is 4.74 Å². The highest BCUT2D eigenvalue weighted by atomic mass is 19.1. The third-order valence-electron chi connectivity index (χ3n) is 2.93. The third-order valence-corrected chi connectivity index (χ3v) is 2.93. The van der Waals surface area contributed by atoms with Gasteiger partial charge >= 0.3 is 0 Å². The lowest BCUT2D eigenvalue weighted by molar-refractivity contribution is 0.389. The summed E-state index contributed by atoms with van der Waals surface area (Å²) in [6, 6.07) is 4.81. The number of ether oxygens (including phenoxy) is 1. The summed E-state index contributed by atoms with van der Waals surface area (Å²) < 4.78 is 18.2. The van der Waals surface area contributed by atoms with E-state index >= 15 is 0 Å². The molecule has 0 aromatic heterocycles. The Kier molecular flexibility index (Phi) is 3.21. The molecule has 1 aromatic rings. The molecule has 3 heteroatoms. The molecule has 2 rings (SSSR count). The van der Waals surface area contributed by atoms with Crippen molar-refractivity contribution in [3.63, 3.8) is 0 Å². The molecule has 1 aliphatic rings. The van der Waals surface area contributed by atoms with Gasteiger partial charge in [0.25, 0.3) is 0 Å². The normalized spacial score (nSPS) is 21.3. The smallest absolute Gasteiger partial charge is 0.126 e. The van der Waals surface area contributed by atoms with Crippen LogP contribution < -0.4 is 10.1 Å². The predicted molar refractivity (Wildman–Crippen MR) is 57.8 cm³/mol. The molecule has 0 bridgehead atoms. The summed E-state index contributed by atoms with van der Waals surface area (Å²) in [6.07, 6.45) is 2.32. The van der Waals surface area contributed by atoms with Crippen molar-refractivity contribution < 1.29 is 9.13 Å². The summed E-state index contributed by atoms with van der Waals surface area (Å²) in [5.41, 5.74) is 1.12. The van der Waals surface area contributed by atoms with E-state index in [1.165, 1.54) is 18.6 Å². The van der Waals surface area contributed by atoms with Crippen LogP contribution in [0, 0.1) is 5.82 Å². The fraction of sp³-hybridized carbons (Fsp3) is 0.500. The Bertz CT molecular complexity index is 334. The van der Waals surface area contributed by atoms with Crippen molar-refractivity contribution in [3.8, 4) is 5.75 Å². The second-order valence-corrected chi connectivity index (χ2v) is 3.93. The van der Waals surface area contributed by atoms with Crippen LogP contribution in [-0.4, -0.2) is 20.2 Å². The molecule has 82 valence electrons. The van der Waals surface area contributed by atoms with Crippen LogP contribution in [0.5, 0.6) is 5.75 Å². The van der Waals surface area contributed by atoms with Crippen LogP contribution >= 0.6 is 0 Å². The van der Waals surface area contributed by atoms with Gasteiger partial charge < -0.3 is 10.1 Å². The average molecular weight is 209 g/mol. The third kappa shape index (κ3) is 2.29. The molecule has 1 atom stereocenters. The van der Waals surface area contributed by atoms with E-state index in [-0.39, 0.29) is 5.82 Å². The molecule has 0 aliphatic carbocycles. The van der Waals surface area contributed by atoms with Crippen molar-refractivity contribution in [2.24, 2.45) is 0 Å². The molecule has 1 heterocycles. The van der Waals surface area contributed by atoms with Gasteiger partial charge in [0, 0.05) is 18.5 Å². The lowest BCUT2D eigenvalue weighted by Gasteiger charge is -2.24. The maximum Gasteiger partial charge on any atom is 0.126 e. The van der Waals surface area contributed by atoms with E-state index < -0.39 is 0 Å². The second-order valence-electron chi connectivity index (χ2n) is 3.93. The molecule has 15 heavy (non-hydrogen) atoms. The Morgan fingerprint density at radius 3 is 3.00 bits per heavy atom. The minimum absolute atomic E-state index is 0.237. The van der Waals surface area contributed by atoms with E-state index in [9.17, 15) is 4.39 Å². The number of nitrogens with one attached hydrogen (secondary N) is 1. The maximum absolute atomic E-state index is 13.0. The topological polar surface area (TPSA) is 21.3 Å². The summed E-state index contributed by atoms with van der Waals surface area (Å²) in [7, 11) is 1.59. The molecule has 1 N–H and O–H groups in total. The summed E-state index contributed by atoms with van der Waals surface area (Å²) in [4.78, 5) is 0. The summed E-state index contributed by atoms with van der Waals surface area (Å²) in [6.45, 7) is 2.04. The molecule has 1 saturated heterocycles. The molecule has 0 saturated carbocycles. The van der Waals surface area contributed by atoms with E-state index in [0.29, 0.717) is 11.7 Å². The molecule has 1 aliphatic heterocycles. The Labute approximate surface area is 89.4 Å². The Morgan fingerprint density at radius 2 is 2.33 bits per heavy atom. The van der Waals surface area contributed by atoms with Gasteiger partial charge in [-0.15, -0.1) is 0 Å². The maximum atomic E-state index is 13.0. The molecule has 1 aromatic carbocycles. The zero-order chi connectivity index (χ0) is 10.7. The van der Waals surface area contributed by atoms with Gasteiger partial charge in [-0.05, 0) is 31.0 Å². The lowest BCUT2D eigenvalue weighted by atomic mass is 9.91. The molecular weight excluding hydrogens is 193 g/mol. The SMILES string of the molecule is COc1cc(F)ccc1[C@H]1CCCNC1. The highest BCUT2D eigenvalue weighted by molar-refractivity contribution is 5.37. The van der Waals surface area contributed by atoms with Crippen LogP contribution in [0.25, 0.3) is 0 Å². The fourth-order valence-corrected chi connectivity index (χ4v) is 2.14. The van der Waals surface area contributed by atoms with Crippen molar-refractivity contribution in [1.82, 2.24) is 5.32 Å². The quantitative estimate of drug-likeness (QED) is 0.807. The van der Waals surface area contributed by atoms with E-state index in [1.54, 1.807) is 7.11 Å². The van der Waals surface area contributed by atoms with Gasteiger partial charge in [0.05, 0.1) is 7.11 Å². The number of rotatable bonds is 2. The number of hydrogen-bond acceptors (Lipinski definition) is 2. The Balaban J connectivity index is 2.25. The van der Waals surface area contributed by atoms with Gasteiger partial charge in [-0.2, -0.15) is 0 Å². The number of hydrogen-bond donors (Lipinski definition) is 1. The van der Waals surface area contributed by atoms with E-state index in [1.807, 2.05) is 6.07 Å². The summed E-state index contributed by atoms with van der Waals surface area (Å²) in [5.74, 6) is 0.886. The number of methoxy groups -OCH3 is 1. The molecule has 0 radical (unpaired) electrons. The number of benzene rings is 1. The van der Waals surface area contributed by atoms with Crippen LogP contribution in [0.2, 0.25) is 0 Å². The van der Waals surface area contributed by atoms with Gasteiger partial charge in [-0.25, -0.2) is 4.39 Å². The predicted octanol–water partition coefficient (Wildman–Crippen LogP) is 2.30. The van der Waals surface area contributed by atoms with Gasteiger partial charge in [0.2, 0.25) is 0 Å². The highest BCUT2D eigenvalue weighted by Crippen LogP contribution is 2.31. The molecule has 1 fully saturated rings. The second kappa shape index (κ2) is 4.62. The van der Waals surface area contributed by atoms with Crippen LogP contribution in [0.3, 0.4) is 0 Å². The average Bonchev–Trinajstić information content (AvgIpc) is 2.30. The van der Waals surface area contributed by atoms with Crippen molar-refractivity contribution in [1.29, 1.82) is 0 Å². The monoisotopic (exact) mass is 209 g/mol. The van der Waals surface area contributed by atoms with Crippen LogP contribution in [0.15, 0.2) is 18.2 Å². The first-order valence-electron chi connectivity index (χ1n) is 5.35. The first-order chi connectivity index (χ1) is 7.31. The summed E-state index contributed by atoms with van der Waals surface area (Å²) >= 11 is 0. The zero-order valence-corrected chi connectivity index (χ0v) is 8.92.